The summed E-state index contributed by atoms with van der Waals surface area (Å²) in [5, 5.41) is 29.7. The molecule has 0 aliphatic carbocycles. The average Bonchev–Trinajstić information content (AvgIpc) is 3.04. The Labute approximate surface area is 177 Å². The number of carbonyl (C=O) groups excluding carboxylic acids is 1. The molecule has 0 aliphatic heterocycles. The van der Waals surface area contributed by atoms with E-state index in [4.69, 9.17) is 0 Å². The number of nitro benzene ring substituents is 1. The fourth-order valence-corrected chi connectivity index (χ4v) is 3.33. The molecule has 0 amide bonds. The van der Waals surface area contributed by atoms with E-state index in [1.807, 2.05) is 17.6 Å². The summed E-state index contributed by atoms with van der Waals surface area (Å²) in [6.45, 7) is 3.62. The predicted molar refractivity (Wildman–Crippen MR) is 113 cm³/mol. The molecule has 0 fully saturated rings. The van der Waals surface area contributed by atoms with E-state index in [0.29, 0.717) is 16.9 Å². The standard InChI is InChI=1S/C23H17N3O5/c1-14-9-18(15(2)25(14)20-7-4-6-17(12-20)23(28)29)10-19(13-24)22(27)16-5-3-8-21(11-16)26(30)31/h3-12H,1-2H3,(H,28,29)/b19-10+. The Kier molecular flexibility index (Phi) is 5.79. The molecular formula is C23H17N3O5. The third-order valence-electron chi connectivity index (χ3n) is 4.81. The second-order valence-corrected chi connectivity index (χ2v) is 6.82. The number of allylic oxidation sites excluding steroid dienone is 1. The van der Waals surface area contributed by atoms with Crippen LogP contribution in [0.5, 0.6) is 0 Å². The molecule has 1 heterocycles. The molecule has 3 rings (SSSR count). The molecule has 2 aromatic carbocycles. The monoisotopic (exact) mass is 415 g/mol. The number of carbonyl (C=O) groups is 2. The van der Waals surface area contributed by atoms with Crippen molar-refractivity contribution < 1.29 is 19.6 Å². The number of ketones is 1. The molecule has 8 nitrogen and oxygen atoms in total. The predicted octanol–water partition coefficient (Wildman–Crippen LogP) is 4.49. The Morgan fingerprint density at radius 3 is 2.42 bits per heavy atom. The van der Waals surface area contributed by atoms with E-state index in [9.17, 15) is 30.1 Å². The molecule has 154 valence electrons. The van der Waals surface area contributed by atoms with Crippen LogP contribution in [0, 0.1) is 35.3 Å². The first-order chi connectivity index (χ1) is 14.7. The van der Waals surface area contributed by atoms with Gasteiger partial charge in [0.2, 0.25) is 5.78 Å². The van der Waals surface area contributed by atoms with Crippen molar-refractivity contribution in [2.75, 3.05) is 0 Å². The molecule has 0 radical (unpaired) electrons. The quantitative estimate of drug-likeness (QED) is 0.208. The minimum absolute atomic E-state index is 0.0463. The lowest BCUT2D eigenvalue weighted by Gasteiger charge is -2.10. The number of carboxylic acid groups (broad SMARTS) is 1. The summed E-state index contributed by atoms with van der Waals surface area (Å²) in [6.07, 6.45) is 1.43. The lowest BCUT2D eigenvalue weighted by atomic mass is 10.0. The van der Waals surface area contributed by atoms with Crippen LogP contribution in [0.25, 0.3) is 11.8 Å². The van der Waals surface area contributed by atoms with Gasteiger partial charge in [-0.05, 0) is 49.8 Å². The SMILES string of the molecule is Cc1cc(/C=C(\C#N)C(=O)c2cccc([N+](=O)[O-])c2)c(C)n1-c1cccc(C(=O)O)c1. The zero-order chi connectivity index (χ0) is 22.7. The molecule has 0 aliphatic rings. The molecule has 0 spiro atoms. The number of aromatic carboxylic acids is 1. The van der Waals surface area contributed by atoms with Crippen LogP contribution in [0.4, 0.5) is 5.69 Å². The second kappa shape index (κ2) is 8.47. The van der Waals surface area contributed by atoms with E-state index in [0.717, 1.165) is 11.8 Å². The second-order valence-electron chi connectivity index (χ2n) is 6.82. The number of aromatic nitrogens is 1. The molecule has 3 aromatic rings. The molecule has 1 N–H and O–H groups in total. The van der Waals surface area contributed by atoms with Gasteiger partial charge in [-0.25, -0.2) is 4.79 Å². The van der Waals surface area contributed by atoms with Crippen LogP contribution in [0.2, 0.25) is 0 Å². The molecule has 0 bridgehead atoms. The highest BCUT2D eigenvalue weighted by Crippen LogP contribution is 2.25. The van der Waals surface area contributed by atoms with Gasteiger partial charge >= 0.3 is 5.97 Å². The minimum Gasteiger partial charge on any atom is -0.478 e. The van der Waals surface area contributed by atoms with Gasteiger partial charge in [-0.1, -0.05) is 18.2 Å². The van der Waals surface area contributed by atoms with Gasteiger partial charge in [0.15, 0.2) is 0 Å². The number of aryl methyl sites for hydroxylation is 1. The third-order valence-corrected chi connectivity index (χ3v) is 4.81. The van der Waals surface area contributed by atoms with E-state index < -0.39 is 16.7 Å². The molecule has 0 saturated carbocycles. The van der Waals surface area contributed by atoms with Gasteiger partial charge in [0.25, 0.3) is 5.69 Å². The first-order valence-electron chi connectivity index (χ1n) is 9.16. The van der Waals surface area contributed by atoms with Crippen LogP contribution in [-0.4, -0.2) is 26.3 Å². The summed E-state index contributed by atoms with van der Waals surface area (Å²) >= 11 is 0. The third kappa shape index (κ3) is 4.26. The van der Waals surface area contributed by atoms with Crippen LogP contribution in [0.1, 0.15) is 37.7 Å². The summed E-state index contributed by atoms with van der Waals surface area (Å²) in [6, 6.07) is 15.3. The van der Waals surface area contributed by atoms with Crippen molar-refractivity contribution in [1.29, 1.82) is 5.26 Å². The lowest BCUT2D eigenvalue weighted by molar-refractivity contribution is -0.384. The number of benzene rings is 2. The number of nitriles is 1. The summed E-state index contributed by atoms with van der Waals surface area (Å²) < 4.78 is 1.82. The van der Waals surface area contributed by atoms with Crippen LogP contribution in [0.15, 0.2) is 60.2 Å². The lowest BCUT2D eigenvalue weighted by Crippen LogP contribution is -2.04. The van der Waals surface area contributed by atoms with E-state index in [-0.39, 0.29) is 22.4 Å². The van der Waals surface area contributed by atoms with Gasteiger partial charge in [0.05, 0.1) is 10.5 Å². The highest BCUT2D eigenvalue weighted by atomic mass is 16.6. The van der Waals surface area contributed by atoms with Crippen LogP contribution in [-0.2, 0) is 0 Å². The highest BCUT2D eigenvalue weighted by molar-refractivity contribution is 6.14. The largest absolute Gasteiger partial charge is 0.478 e. The summed E-state index contributed by atoms with van der Waals surface area (Å²) in [7, 11) is 0. The van der Waals surface area contributed by atoms with E-state index in [1.54, 1.807) is 25.1 Å². The van der Waals surface area contributed by atoms with Gasteiger partial charge in [0.1, 0.15) is 11.6 Å². The summed E-state index contributed by atoms with van der Waals surface area (Å²) in [5.74, 6) is -1.66. The van der Waals surface area contributed by atoms with Crippen molar-refractivity contribution >= 4 is 23.5 Å². The summed E-state index contributed by atoms with van der Waals surface area (Å²) in [5.41, 5.74) is 2.52. The molecule has 0 unspecified atom stereocenters. The van der Waals surface area contributed by atoms with Crippen molar-refractivity contribution in [1.82, 2.24) is 4.57 Å². The van der Waals surface area contributed by atoms with Crippen molar-refractivity contribution in [3.63, 3.8) is 0 Å². The zero-order valence-electron chi connectivity index (χ0n) is 16.7. The fraction of sp³-hybridized carbons (Fsp3) is 0.0870. The minimum atomic E-state index is -1.04. The number of non-ortho nitro benzene ring substituents is 1. The first kappa shape index (κ1) is 21.2. The molecule has 8 heteroatoms. The van der Waals surface area contributed by atoms with E-state index in [2.05, 4.69) is 0 Å². The molecule has 31 heavy (non-hydrogen) atoms. The molecular weight excluding hydrogens is 398 g/mol. The van der Waals surface area contributed by atoms with Crippen molar-refractivity contribution in [2.24, 2.45) is 0 Å². The van der Waals surface area contributed by atoms with Crippen molar-refractivity contribution in [2.45, 2.75) is 13.8 Å². The first-order valence-corrected chi connectivity index (χ1v) is 9.16. The van der Waals surface area contributed by atoms with Gasteiger partial charge in [0, 0.05) is 34.8 Å². The Hall–Kier alpha value is -4.51. The van der Waals surface area contributed by atoms with Gasteiger partial charge in [-0.3, -0.25) is 14.9 Å². The van der Waals surface area contributed by atoms with Crippen LogP contribution < -0.4 is 0 Å². The molecule has 1 aromatic heterocycles. The average molecular weight is 415 g/mol. The van der Waals surface area contributed by atoms with E-state index in [1.165, 1.54) is 36.4 Å². The number of carboxylic acids is 1. The number of nitrogens with zero attached hydrogens (tertiary/aromatic N) is 3. The number of rotatable bonds is 6. The van der Waals surface area contributed by atoms with Gasteiger partial charge in [-0.15, -0.1) is 0 Å². The van der Waals surface area contributed by atoms with Crippen molar-refractivity contribution in [3.8, 4) is 11.8 Å². The van der Waals surface area contributed by atoms with Gasteiger partial charge < -0.3 is 9.67 Å². The Morgan fingerprint density at radius 2 is 1.77 bits per heavy atom. The van der Waals surface area contributed by atoms with Crippen LogP contribution >= 0.6 is 0 Å². The number of Topliss-reactive ketones (excluding diaryl/α,β-unsaturated/α-hetero) is 1. The van der Waals surface area contributed by atoms with Gasteiger partial charge in [-0.2, -0.15) is 5.26 Å². The number of hydrogen-bond donors (Lipinski definition) is 1. The molecule has 0 saturated heterocycles. The molecule has 0 atom stereocenters. The number of nitro groups is 1. The van der Waals surface area contributed by atoms with E-state index >= 15 is 0 Å². The zero-order valence-corrected chi connectivity index (χ0v) is 16.7. The fourth-order valence-electron chi connectivity index (χ4n) is 3.33. The Bertz CT molecular complexity index is 1290. The van der Waals surface area contributed by atoms with Crippen LogP contribution in [0.3, 0.4) is 0 Å². The maximum absolute atomic E-state index is 12.8. The number of hydrogen-bond acceptors (Lipinski definition) is 5. The maximum Gasteiger partial charge on any atom is 0.335 e. The highest BCUT2D eigenvalue weighted by Gasteiger charge is 2.18. The smallest absolute Gasteiger partial charge is 0.335 e. The maximum atomic E-state index is 12.8. The normalized spacial score (nSPS) is 11.1. The Balaban J connectivity index is 2.04. The Morgan fingerprint density at radius 1 is 1.10 bits per heavy atom. The topological polar surface area (TPSA) is 126 Å². The summed E-state index contributed by atoms with van der Waals surface area (Å²) in [4.78, 5) is 34.4. The van der Waals surface area contributed by atoms with Crippen molar-refractivity contribution in [3.05, 3.63) is 98.4 Å².